The number of aryl methyl sites for hydroxylation is 1. The van der Waals surface area contributed by atoms with E-state index in [4.69, 9.17) is 10.5 Å². The predicted molar refractivity (Wildman–Crippen MR) is 73.6 cm³/mol. The second-order valence-corrected chi connectivity index (χ2v) is 4.27. The standard InChI is InChI=1S/C13H13FN4O3/c1-2-3-12-16-11(15)7-13(17-12)21-10-6-8(14)4-5-9(10)18(19)20/h4-7H,2-3H2,1H3,(H2,15,16,17). The van der Waals surface area contributed by atoms with Crippen molar-refractivity contribution in [2.24, 2.45) is 0 Å². The fraction of sp³-hybridized carbons (Fsp3) is 0.231. The highest BCUT2D eigenvalue weighted by Gasteiger charge is 2.17. The number of halogens is 1. The van der Waals surface area contributed by atoms with Gasteiger partial charge in [0.05, 0.1) is 4.92 Å². The van der Waals surface area contributed by atoms with Gasteiger partial charge in [-0.2, -0.15) is 4.98 Å². The van der Waals surface area contributed by atoms with Crippen LogP contribution in [-0.2, 0) is 6.42 Å². The second-order valence-electron chi connectivity index (χ2n) is 4.27. The Morgan fingerprint density at radius 2 is 2.14 bits per heavy atom. The maximum atomic E-state index is 13.2. The number of anilines is 1. The van der Waals surface area contributed by atoms with E-state index in [-0.39, 0.29) is 23.1 Å². The van der Waals surface area contributed by atoms with Gasteiger partial charge in [0, 0.05) is 24.6 Å². The quantitative estimate of drug-likeness (QED) is 0.671. The highest BCUT2D eigenvalue weighted by atomic mass is 19.1. The van der Waals surface area contributed by atoms with E-state index >= 15 is 0 Å². The third kappa shape index (κ3) is 3.62. The fourth-order valence-electron chi connectivity index (χ4n) is 1.71. The van der Waals surface area contributed by atoms with Crippen LogP contribution in [0.1, 0.15) is 19.2 Å². The predicted octanol–water partition coefficient (Wildman–Crippen LogP) is 2.85. The molecule has 1 aromatic carbocycles. The molecule has 0 atom stereocenters. The largest absolute Gasteiger partial charge is 0.431 e. The van der Waals surface area contributed by atoms with Crippen LogP contribution in [0.2, 0.25) is 0 Å². The zero-order chi connectivity index (χ0) is 15.4. The number of ether oxygens (including phenoxy) is 1. The number of nitrogens with two attached hydrogens (primary N) is 1. The van der Waals surface area contributed by atoms with Crippen molar-refractivity contribution in [3.05, 3.63) is 46.0 Å². The molecule has 0 amide bonds. The van der Waals surface area contributed by atoms with E-state index in [0.29, 0.717) is 12.2 Å². The van der Waals surface area contributed by atoms with E-state index < -0.39 is 10.7 Å². The summed E-state index contributed by atoms with van der Waals surface area (Å²) in [6, 6.07) is 4.27. The lowest BCUT2D eigenvalue weighted by Gasteiger charge is -2.07. The van der Waals surface area contributed by atoms with E-state index in [1.165, 1.54) is 6.07 Å². The lowest BCUT2D eigenvalue weighted by atomic mass is 10.3. The van der Waals surface area contributed by atoms with Gasteiger partial charge in [-0.05, 0) is 12.5 Å². The lowest BCUT2D eigenvalue weighted by Crippen LogP contribution is -2.02. The molecule has 0 fully saturated rings. The van der Waals surface area contributed by atoms with E-state index in [1.807, 2.05) is 6.92 Å². The number of nitro benzene ring substituents is 1. The topological polar surface area (TPSA) is 104 Å². The van der Waals surface area contributed by atoms with Crippen molar-refractivity contribution < 1.29 is 14.1 Å². The smallest absolute Gasteiger partial charge is 0.311 e. The van der Waals surface area contributed by atoms with Gasteiger partial charge in [-0.1, -0.05) is 6.92 Å². The Kier molecular flexibility index (Phi) is 4.27. The minimum Gasteiger partial charge on any atom is -0.431 e. The molecule has 8 heteroatoms. The van der Waals surface area contributed by atoms with Gasteiger partial charge in [0.2, 0.25) is 11.6 Å². The molecule has 0 saturated heterocycles. The van der Waals surface area contributed by atoms with Crippen LogP contribution < -0.4 is 10.5 Å². The van der Waals surface area contributed by atoms with Gasteiger partial charge in [0.25, 0.3) is 0 Å². The molecule has 1 heterocycles. The first-order valence-electron chi connectivity index (χ1n) is 6.25. The molecular formula is C13H13FN4O3. The van der Waals surface area contributed by atoms with E-state index in [0.717, 1.165) is 24.6 Å². The number of benzene rings is 1. The minimum absolute atomic E-state index is 0.0413. The van der Waals surface area contributed by atoms with Crippen molar-refractivity contribution in [1.82, 2.24) is 9.97 Å². The SMILES string of the molecule is CCCc1nc(N)cc(Oc2cc(F)ccc2[N+](=O)[O-])n1. The molecule has 1 aromatic heterocycles. The maximum absolute atomic E-state index is 13.2. The van der Waals surface area contributed by atoms with Crippen molar-refractivity contribution in [2.75, 3.05) is 5.73 Å². The Morgan fingerprint density at radius 1 is 1.38 bits per heavy atom. The summed E-state index contributed by atoms with van der Waals surface area (Å²) in [6.45, 7) is 1.95. The van der Waals surface area contributed by atoms with Gasteiger partial charge in [-0.15, -0.1) is 0 Å². The summed E-state index contributed by atoms with van der Waals surface area (Å²) in [5.41, 5.74) is 5.28. The molecular weight excluding hydrogens is 279 g/mol. The number of hydrogen-bond acceptors (Lipinski definition) is 6. The molecule has 110 valence electrons. The molecule has 0 saturated carbocycles. The molecule has 2 aromatic rings. The summed E-state index contributed by atoms with van der Waals surface area (Å²) in [4.78, 5) is 18.4. The molecule has 0 aliphatic heterocycles. The summed E-state index contributed by atoms with van der Waals surface area (Å²) in [5.74, 6) is -0.194. The Morgan fingerprint density at radius 3 is 2.81 bits per heavy atom. The molecule has 0 aliphatic carbocycles. The van der Waals surface area contributed by atoms with Crippen LogP contribution in [0.5, 0.6) is 11.6 Å². The summed E-state index contributed by atoms with van der Waals surface area (Å²) in [5, 5.41) is 10.9. The van der Waals surface area contributed by atoms with Crippen LogP contribution in [0.4, 0.5) is 15.9 Å². The van der Waals surface area contributed by atoms with Gasteiger partial charge in [0.15, 0.2) is 0 Å². The Bertz CT molecular complexity index is 678. The summed E-state index contributed by atoms with van der Waals surface area (Å²) < 4.78 is 18.5. The van der Waals surface area contributed by atoms with Crippen LogP contribution in [-0.4, -0.2) is 14.9 Å². The molecule has 0 bridgehead atoms. The number of nitrogen functional groups attached to an aromatic ring is 1. The third-order valence-electron chi connectivity index (χ3n) is 2.58. The van der Waals surface area contributed by atoms with Crippen LogP contribution in [0, 0.1) is 15.9 Å². The van der Waals surface area contributed by atoms with Crippen LogP contribution in [0.3, 0.4) is 0 Å². The van der Waals surface area contributed by atoms with Crippen molar-refractivity contribution in [1.29, 1.82) is 0 Å². The molecule has 2 N–H and O–H groups in total. The van der Waals surface area contributed by atoms with Crippen molar-refractivity contribution in [3.8, 4) is 11.6 Å². The molecule has 7 nitrogen and oxygen atoms in total. The Balaban J connectivity index is 2.37. The lowest BCUT2D eigenvalue weighted by molar-refractivity contribution is -0.385. The number of aromatic nitrogens is 2. The molecule has 0 aliphatic rings. The zero-order valence-electron chi connectivity index (χ0n) is 11.2. The Hall–Kier alpha value is -2.77. The maximum Gasteiger partial charge on any atom is 0.311 e. The van der Waals surface area contributed by atoms with E-state index in [2.05, 4.69) is 9.97 Å². The highest BCUT2D eigenvalue weighted by Crippen LogP contribution is 2.31. The van der Waals surface area contributed by atoms with Gasteiger partial charge in [-0.25, -0.2) is 9.37 Å². The zero-order valence-corrected chi connectivity index (χ0v) is 11.2. The highest BCUT2D eigenvalue weighted by molar-refractivity contribution is 5.48. The average molecular weight is 292 g/mol. The fourth-order valence-corrected chi connectivity index (χ4v) is 1.71. The van der Waals surface area contributed by atoms with E-state index in [1.54, 1.807) is 0 Å². The minimum atomic E-state index is -0.660. The van der Waals surface area contributed by atoms with Gasteiger partial charge < -0.3 is 10.5 Å². The number of rotatable bonds is 5. The molecule has 21 heavy (non-hydrogen) atoms. The molecule has 0 unspecified atom stereocenters. The first-order chi connectivity index (χ1) is 9.99. The van der Waals surface area contributed by atoms with Crippen LogP contribution >= 0.6 is 0 Å². The monoisotopic (exact) mass is 292 g/mol. The molecule has 2 rings (SSSR count). The molecule has 0 spiro atoms. The first-order valence-corrected chi connectivity index (χ1v) is 6.25. The van der Waals surface area contributed by atoms with Crippen LogP contribution in [0.15, 0.2) is 24.3 Å². The van der Waals surface area contributed by atoms with Crippen molar-refractivity contribution >= 4 is 11.5 Å². The van der Waals surface area contributed by atoms with Crippen molar-refractivity contribution in [3.63, 3.8) is 0 Å². The Labute approximate surface area is 119 Å². The number of hydrogen-bond donors (Lipinski definition) is 1. The second kappa shape index (κ2) is 6.12. The number of nitrogens with zero attached hydrogens (tertiary/aromatic N) is 3. The summed E-state index contributed by atoms with van der Waals surface area (Å²) >= 11 is 0. The summed E-state index contributed by atoms with van der Waals surface area (Å²) in [7, 11) is 0. The third-order valence-corrected chi connectivity index (χ3v) is 2.58. The normalized spacial score (nSPS) is 10.4. The summed E-state index contributed by atoms with van der Waals surface area (Å²) in [6.07, 6.45) is 1.40. The van der Waals surface area contributed by atoms with Gasteiger partial charge >= 0.3 is 5.69 Å². The number of nitro groups is 1. The average Bonchev–Trinajstić information content (AvgIpc) is 2.38. The van der Waals surface area contributed by atoms with Gasteiger partial charge in [0.1, 0.15) is 17.5 Å². The first kappa shape index (κ1) is 14.6. The van der Waals surface area contributed by atoms with Crippen LogP contribution in [0.25, 0.3) is 0 Å². The van der Waals surface area contributed by atoms with Crippen molar-refractivity contribution in [2.45, 2.75) is 19.8 Å². The molecule has 0 radical (unpaired) electrons. The van der Waals surface area contributed by atoms with Gasteiger partial charge in [-0.3, -0.25) is 10.1 Å². The van der Waals surface area contributed by atoms with E-state index in [9.17, 15) is 14.5 Å².